The Morgan fingerprint density at radius 1 is 0.685 bits per heavy atom. The first kappa shape index (κ1) is 43.2. The number of aldehydes is 2. The van der Waals surface area contributed by atoms with E-state index in [1.54, 1.807) is 48.5 Å². The Labute approximate surface area is 337 Å². The van der Waals surface area contributed by atoms with Crippen molar-refractivity contribution in [2.75, 3.05) is 37.2 Å². The van der Waals surface area contributed by atoms with Crippen LogP contribution in [0.15, 0.2) is 60.7 Å². The number of pyridine rings is 2. The SMILES string of the molecule is COC(=O)C(CSSN[C@H](C=O)CS)NC(=O)c1cc(-c2cc(C(=O)NC(CSSN[C@H](C=O)CS)C(=O)OC)c3ccccc3n2)nc2ccccc12. The molecule has 0 bridgehead atoms. The van der Waals surface area contributed by atoms with Gasteiger partial charge in [-0.1, -0.05) is 58.0 Å². The molecule has 0 spiro atoms. The van der Waals surface area contributed by atoms with Crippen LogP contribution in [-0.4, -0.2) is 108 Å². The fraction of sp³-hybridized carbons (Fsp3) is 0.294. The lowest BCUT2D eigenvalue weighted by Crippen LogP contribution is -2.43. The fourth-order valence-corrected chi connectivity index (χ4v) is 9.18. The number of hydrogen-bond donors (Lipinski definition) is 6. The van der Waals surface area contributed by atoms with Gasteiger partial charge >= 0.3 is 11.9 Å². The summed E-state index contributed by atoms with van der Waals surface area (Å²) in [4.78, 5) is 84.9. The number of amides is 2. The van der Waals surface area contributed by atoms with Crippen LogP contribution in [0.25, 0.3) is 33.2 Å². The van der Waals surface area contributed by atoms with Crippen LogP contribution in [0.2, 0.25) is 0 Å². The van der Waals surface area contributed by atoms with Crippen LogP contribution in [0.5, 0.6) is 0 Å². The molecule has 4 atom stereocenters. The molecule has 0 aliphatic carbocycles. The molecule has 0 saturated heterocycles. The maximum atomic E-state index is 13.9. The maximum Gasteiger partial charge on any atom is 0.329 e. The Bertz CT molecular complexity index is 1840. The van der Waals surface area contributed by atoms with Gasteiger partial charge in [-0.15, -0.1) is 0 Å². The number of carbonyl (C=O) groups excluding carboxylic acids is 6. The van der Waals surface area contributed by atoms with Crippen LogP contribution in [0.3, 0.4) is 0 Å². The number of hydrogen-bond acceptors (Lipinski definition) is 18. The second kappa shape index (κ2) is 22.2. The Kier molecular flexibility index (Phi) is 17.7. The van der Waals surface area contributed by atoms with Crippen molar-refractivity contribution in [3.8, 4) is 11.4 Å². The van der Waals surface area contributed by atoms with Crippen molar-refractivity contribution in [1.82, 2.24) is 30.0 Å². The summed E-state index contributed by atoms with van der Waals surface area (Å²) in [7, 11) is 7.15. The van der Waals surface area contributed by atoms with Gasteiger partial charge in [-0.3, -0.25) is 9.59 Å². The van der Waals surface area contributed by atoms with E-state index in [0.717, 1.165) is 34.5 Å². The van der Waals surface area contributed by atoms with Crippen LogP contribution >= 0.6 is 68.8 Å². The molecule has 54 heavy (non-hydrogen) atoms. The number of carbonyl (C=O) groups is 6. The lowest BCUT2D eigenvalue weighted by Gasteiger charge is -2.18. The van der Waals surface area contributed by atoms with Crippen molar-refractivity contribution in [3.05, 3.63) is 71.8 Å². The molecule has 2 heterocycles. The molecule has 20 heteroatoms. The lowest BCUT2D eigenvalue weighted by molar-refractivity contribution is -0.143. The molecule has 0 radical (unpaired) electrons. The van der Waals surface area contributed by atoms with E-state index in [4.69, 9.17) is 19.4 Å². The van der Waals surface area contributed by atoms with E-state index >= 15 is 0 Å². The second-order valence-electron chi connectivity index (χ2n) is 11.1. The van der Waals surface area contributed by atoms with Crippen LogP contribution in [-0.2, 0) is 28.7 Å². The average molecular weight is 849 g/mol. The minimum atomic E-state index is -1.04. The van der Waals surface area contributed by atoms with Crippen LogP contribution in [0, 0.1) is 0 Å². The number of para-hydroxylation sites is 2. The van der Waals surface area contributed by atoms with Crippen molar-refractivity contribution < 1.29 is 38.2 Å². The van der Waals surface area contributed by atoms with Gasteiger partial charge < -0.3 is 29.7 Å². The monoisotopic (exact) mass is 848 g/mol. The van der Waals surface area contributed by atoms with E-state index < -0.39 is 47.9 Å². The van der Waals surface area contributed by atoms with E-state index in [0.29, 0.717) is 21.8 Å². The van der Waals surface area contributed by atoms with Crippen molar-refractivity contribution >= 4 is 127 Å². The highest BCUT2D eigenvalue weighted by atomic mass is 33.1. The zero-order valence-corrected chi connectivity index (χ0v) is 33.8. The highest BCUT2D eigenvalue weighted by Crippen LogP contribution is 2.29. The van der Waals surface area contributed by atoms with Crippen LogP contribution < -0.4 is 20.1 Å². The first-order chi connectivity index (χ1) is 26.2. The summed E-state index contributed by atoms with van der Waals surface area (Å²) in [6.45, 7) is 0. The lowest BCUT2D eigenvalue weighted by atomic mass is 10.0. The van der Waals surface area contributed by atoms with Crippen molar-refractivity contribution in [3.63, 3.8) is 0 Å². The molecule has 2 amide bonds. The van der Waals surface area contributed by atoms with Crippen molar-refractivity contribution in [1.29, 1.82) is 0 Å². The van der Waals surface area contributed by atoms with Gasteiger partial charge in [-0.25, -0.2) is 29.0 Å². The smallest absolute Gasteiger partial charge is 0.329 e. The number of thiol groups is 2. The van der Waals surface area contributed by atoms with E-state index in [1.807, 2.05) is 0 Å². The summed E-state index contributed by atoms with van der Waals surface area (Å²) < 4.78 is 15.7. The third-order valence-corrected chi connectivity index (χ3v) is 12.3. The Balaban J connectivity index is 1.66. The third kappa shape index (κ3) is 11.8. The molecule has 0 saturated carbocycles. The molecule has 2 aromatic heterocycles. The third-order valence-electron chi connectivity index (χ3n) is 7.47. The zero-order chi connectivity index (χ0) is 39.0. The summed E-state index contributed by atoms with van der Waals surface area (Å²) in [5.41, 5.74) is 1.85. The van der Waals surface area contributed by atoms with E-state index in [2.05, 4.69) is 45.3 Å². The normalized spacial score (nSPS) is 13.3. The summed E-state index contributed by atoms with van der Waals surface area (Å²) in [6.07, 6.45) is 1.45. The number of aromatic nitrogens is 2. The molecular formula is C34H36N6O8S6. The topological polar surface area (TPSA) is 195 Å². The standard InChI is InChI=1S/C34H36N6O8S6/c1-47-33(45)29(17-51-53-39-19(13-41)15-49)37-31(43)23-11-27(35-25-9-5-3-7-21(23)25)28-12-24(22-8-4-6-10-26(22)36-28)32(44)38-30(34(46)48-2)18-52-54-40-20(14-42)16-50/h3-14,19-20,29-30,39-40,49-50H,15-18H2,1-2H3,(H,37,43)(H,38,44)/t19-,20-,29?,30?/m1/s1. The van der Waals surface area contributed by atoms with Gasteiger partial charge in [0.2, 0.25) is 0 Å². The number of rotatable bonds is 21. The summed E-state index contributed by atoms with van der Waals surface area (Å²) in [6, 6.07) is 13.9. The van der Waals surface area contributed by atoms with Gasteiger partial charge in [0.25, 0.3) is 11.8 Å². The molecule has 0 fully saturated rings. The predicted octanol–water partition coefficient (Wildman–Crippen LogP) is 3.76. The number of ether oxygens (including phenoxy) is 2. The molecule has 4 aromatic rings. The Hall–Kier alpha value is -3.50. The first-order valence-corrected chi connectivity index (χ1v) is 21.9. The molecule has 2 unspecified atom stereocenters. The van der Waals surface area contributed by atoms with Crippen molar-refractivity contribution in [2.24, 2.45) is 0 Å². The van der Waals surface area contributed by atoms with Crippen LogP contribution in [0.4, 0.5) is 0 Å². The quantitative estimate of drug-likeness (QED) is 0.0177. The number of methoxy groups -OCH3 is 2. The molecule has 0 aliphatic heterocycles. The highest BCUT2D eigenvalue weighted by molar-refractivity contribution is 8.76. The number of esters is 2. The number of nitrogens with one attached hydrogen (secondary N) is 4. The van der Waals surface area contributed by atoms with E-state index in [9.17, 15) is 28.8 Å². The van der Waals surface area contributed by atoms with E-state index in [-0.39, 0.29) is 45.5 Å². The number of benzene rings is 2. The van der Waals surface area contributed by atoms with Gasteiger partial charge in [0.1, 0.15) is 24.7 Å². The largest absolute Gasteiger partial charge is 0.467 e. The van der Waals surface area contributed by atoms with Gasteiger partial charge in [-0.2, -0.15) is 25.3 Å². The van der Waals surface area contributed by atoms with Crippen LogP contribution in [0.1, 0.15) is 20.7 Å². The van der Waals surface area contributed by atoms with Gasteiger partial charge in [0.05, 0.1) is 59.9 Å². The fourth-order valence-electron chi connectivity index (χ4n) is 4.69. The van der Waals surface area contributed by atoms with E-state index in [1.165, 1.54) is 47.9 Å². The van der Waals surface area contributed by atoms with Gasteiger partial charge in [0.15, 0.2) is 0 Å². The highest BCUT2D eigenvalue weighted by Gasteiger charge is 2.27. The summed E-state index contributed by atoms with van der Waals surface area (Å²) in [5, 5.41) is 6.53. The molecule has 4 N–H and O–H groups in total. The molecule has 14 nitrogen and oxygen atoms in total. The number of fused-ring (bicyclic) bond motifs is 2. The Morgan fingerprint density at radius 2 is 1.07 bits per heavy atom. The second-order valence-corrected chi connectivity index (χ2v) is 16.2. The van der Waals surface area contributed by atoms with Gasteiger partial charge in [0, 0.05) is 33.8 Å². The zero-order valence-electron chi connectivity index (χ0n) is 28.8. The van der Waals surface area contributed by atoms with Crippen molar-refractivity contribution in [2.45, 2.75) is 24.2 Å². The minimum absolute atomic E-state index is 0.115. The maximum absolute atomic E-state index is 13.9. The molecule has 286 valence electrons. The minimum Gasteiger partial charge on any atom is -0.467 e. The molecule has 0 aliphatic rings. The number of nitrogens with zero attached hydrogens (tertiary/aromatic N) is 2. The molecular weight excluding hydrogens is 813 g/mol. The summed E-state index contributed by atoms with van der Waals surface area (Å²) in [5.74, 6) is -1.68. The predicted molar refractivity (Wildman–Crippen MR) is 223 cm³/mol. The first-order valence-electron chi connectivity index (χ1n) is 15.9. The molecule has 4 rings (SSSR count). The molecule has 2 aromatic carbocycles. The average Bonchev–Trinajstić information content (AvgIpc) is 3.21. The summed E-state index contributed by atoms with van der Waals surface area (Å²) >= 11 is 8.22. The van der Waals surface area contributed by atoms with Gasteiger partial charge in [-0.05, 0) is 46.2 Å². The Morgan fingerprint density at radius 3 is 1.43 bits per heavy atom.